The summed E-state index contributed by atoms with van der Waals surface area (Å²) in [6.07, 6.45) is 0. The van der Waals surface area contributed by atoms with Gasteiger partial charge in [0.15, 0.2) is 11.0 Å². The van der Waals surface area contributed by atoms with E-state index in [1.807, 2.05) is 25.1 Å². The van der Waals surface area contributed by atoms with E-state index >= 15 is 0 Å². The van der Waals surface area contributed by atoms with E-state index in [0.29, 0.717) is 17.4 Å². The van der Waals surface area contributed by atoms with Gasteiger partial charge in [-0.15, -0.1) is 10.2 Å². The zero-order valence-corrected chi connectivity index (χ0v) is 18.0. The molecule has 0 aliphatic heterocycles. The van der Waals surface area contributed by atoms with Crippen LogP contribution >= 0.6 is 23.4 Å². The van der Waals surface area contributed by atoms with Crippen LogP contribution in [0, 0.1) is 6.92 Å². The molecule has 0 unspecified atom stereocenters. The van der Waals surface area contributed by atoms with Crippen LogP contribution in [0.3, 0.4) is 0 Å². The van der Waals surface area contributed by atoms with Crippen molar-refractivity contribution < 1.29 is 4.74 Å². The number of fused-ring (bicyclic) bond motifs is 1. The molecule has 0 aliphatic carbocycles. The minimum absolute atomic E-state index is 0.332. The maximum Gasteiger partial charge on any atom is 0.191 e. The third-order valence-electron chi connectivity index (χ3n) is 4.79. The van der Waals surface area contributed by atoms with E-state index in [1.54, 1.807) is 11.8 Å². The second-order valence-electron chi connectivity index (χ2n) is 6.79. The first-order valence-electron chi connectivity index (χ1n) is 9.56. The predicted octanol–water partition coefficient (Wildman–Crippen LogP) is 6.28. The second-order valence-corrected chi connectivity index (χ2v) is 8.14. The van der Waals surface area contributed by atoms with Crippen molar-refractivity contribution in [1.29, 1.82) is 0 Å². The van der Waals surface area contributed by atoms with Gasteiger partial charge in [-0.3, -0.25) is 0 Å². The van der Waals surface area contributed by atoms with Crippen LogP contribution in [0.5, 0.6) is 5.75 Å². The van der Waals surface area contributed by atoms with Crippen LogP contribution < -0.4 is 4.74 Å². The lowest BCUT2D eigenvalue weighted by Gasteiger charge is -2.11. The number of nitrogens with zero attached hydrogens (tertiary/aromatic N) is 3. The lowest BCUT2D eigenvalue weighted by Crippen LogP contribution is -2.07. The zero-order valence-electron chi connectivity index (χ0n) is 16.4. The molecule has 29 heavy (non-hydrogen) atoms. The van der Waals surface area contributed by atoms with E-state index in [-0.39, 0.29) is 0 Å². The molecule has 0 amide bonds. The van der Waals surface area contributed by atoms with E-state index in [0.717, 1.165) is 28.8 Å². The number of ether oxygens (including phenoxy) is 1. The van der Waals surface area contributed by atoms with Crippen molar-refractivity contribution in [1.82, 2.24) is 14.8 Å². The van der Waals surface area contributed by atoms with Crippen LogP contribution in [0.25, 0.3) is 10.8 Å². The highest BCUT2D eigenvalue weighted by Gasteiger charge is 2.13. The molecule has 148 valence electrons. The zero-order chi connectivity index (χ0) is 20.2. The Morgan fingerprint density at radius 3 is 2.72 bits per heavy atom. The van der Waals surface area contributed by atoms with Gasteiger partial charge in [-0.1, -0.05) is 71.9 Å². The van der Waals surface area contributed by atoms with Gasteiger partial charge in [-0.2, -0.15) is 0 Å². The van der Waals surface area contributed by atoms with Crippen LogP contribution in [0.15, 0.2) is 65.8 Å². The number of hydrogen-bond donors (Lipinski definition) is 0. The number of halogens is 1. The lowest BCUT2D eigenvalue weighted by molar-refractivity contribution is 0.288. The molecule has 0 bridgehead atoms. The summed E-state index contributed by atoms with van der Waals surface area (Å²) < 4.78 is 8.01. The van der Waals surface area contributed by atoms with Crippen molar-refractivity contribution in [3.05, 3.63) is 82.6 Å². The maximum absolute atomic E-state index is 6.23. The van der Waals surface area contributed by atoms with E-state index in [1.165, 1.54) is 16.3 Å². The molecule has 4 rings (SSSR count). The molecule has 0 atom stereocenters. The van der Waals surface area contributed by atoms with Crippen LogP contribution in [-0.4, -0.2) is 14.8 Å². The van der Waals surface area contributed by atoms with Crippen LogP contribution in [0.2, 0.25) is 5.02 Å². The fraction of sp³-hybridized carbons (Fsp3) is 0.217. The summed E-state index contributed by atoms with van der Waals surface area (Å²) in [6, 6.07) is 20.6. The maximum atomic E-state index is 6.23. The minimum atomic E-state index is 0.332. The summed E-state index contributed by atoms with van der Waals surface area (Å²) in [5.74, 6) is 2.30. The average Bonchev–Trinajstić information content (AvgIpc) is 3.14. The highest BCUT2D eigenvalue weighted by Crippen LogP contribution is 2.28. The van der Waals surface area contributed by atoms with Gasteiger partial charge in [0, 0.05) is 12.3 Å². The fourth-order valence-electron chi connectivity index (χ4n) is 3.27. The molecular formula is C23H22ClN3OS. The normalized spacial score (nSPS) is 11.1. The van der Waals surface area contributed by atoms with Crippen molar-refractivity contribution in [2.45, 2.75) is 37.9 Å². The van der Waals surface area contributed by atoms with Crippen LogP contribution in [-0.2, 0) is 18.9 Å². The van der Waals surface area contributed by atoms with Crippen molar-refractivity contribution in [3.8, 4) is 5.75 Å². The third kappa shape index (κ3) is 4.41. The van der Waals surface area contributed by atoms with Crippen molar-refractivity contribution in [3.63, 3.8) is 0 Å². The average molecular weight is 424 g/mol. The Labute approximate surface area is 179 Å². The number of hydrogen-bond acceptors (Lipinski definition) is 4. The predicted molar refractivity (Wildman–Crippen MR) is 120 cm³/mol. The van der Waals surface area contributed by atoms with Crippen LogP contribution in [0.1, 0.15) is 23.9 Å². The number of aromatic nitrogens is 3. The minimum Gasteiger partial charge on any atom is -0.484 e. The number of benzene rings is 3. The van der Waals surface area contributed by atoms with Crippen molar-refractivity contribution in [2.75, 3.05) is 0 Å². The van der Waals surface area contributed by atoms with Gasteiger partial charge in [-0.05, 0) is 47.9 Å². The monoisotopic (exact) mass is 423 g/mol. The molecule has 3 aromatic carbocycles. The molecule has 4 aromatic rings. The molecule has 4 nitrogen and oxygen atoms in total. The lowest BCUT2D eigenvalue weighted by atomic mass is 10.1. The highest BCUT2D eigenvalue weighted by atomic mass is 35.5. The second kappa shape index (κ2) is 8.89. The summed E-state index contributed by atoms with van der Waals surface area (Å²) in [7, 11) is 0. The molecule has 0 fully saturated rings. The summed E-state index contributed by atoms with van der Waals surface area (Å²) in [4.78, 5) is 0. The summed E-state index contributed by atoms with van der Waals surface area (Å²) in [5, 5.41) is 12.8. The Bertz CT molecular complexity index is 1140. The van der Waals surface area contributed by atoms with E-state index in [9.17, 15) is 0 Å². The first-order valence-corrected chi connectivity index (χ1v) is 10.9. The van der Waals surface area contributed by atoms with Gasteiger partial charge in [0.25, 0.3) is 0 Å². The van der Waals surface area contributed by atoms with Crippen molar-refractivity contribution >= 4 is 34.1 Å². The van der Waals surface area contributed by atoms with E-state index in [2.05, 4.69) is 64.2 Å². The van der Waals surface area contributed by atoms with Crippen molar-refractivity contribution in [2.24, 2.45) is 0 Å². The Hall–Kier alpha value is -2.50. The van der Waals surface area contributed by atoms with Gasteiger partial charge >= 0.3 is 0 Å². The van der Waals surface area contributed by atoms with Gasteiger partial charge < -0.3 is 9.30 Å². The SMILES string of the molecule is CCn1c(COc2cc(C)ccc2Cl)nnc1SCc1cccc2ccccc12. The highest BCUT2D eigenvalue weighted by molar-refractivity contribution is 7.98. The summed E-state index contributed by atoms with van der Waals surface area (Å²) in [6.45, 7) is 5.22. The van der Waals surface area contributed by atoms with Gasteiger partial charge in [0.1, 0.15) is 12.4 Å². The standard InChI is InChI=1S/C23H22ClN3OS/c1-3-27-22(14-28-21-13-16(2)11-12-20(21)24)25-26-23(27)29-15-18-9-6-8-17-7-4-5-10-19(17)18/h4-13H,3,14-15H2,1-2H3. The van der Waals surface area contributed by atoms with Gasteiger partial charge in [-0.25, -0.2) is 0 Å². The molecule has 0 saturated carbocycles. The molecule has 1 heterocycles. The first kappa shape index (κ1) is 19.8. The van der Waals surface area contributed by atoms with E-state index < -0.39 is 0 Å². The Balaban J connectivity index is 1.49. The van der Waals surface area contributed by atoms with E-state index in [4.69, 9.17) is 16.3 Å². The molecule has 0 spiro atoms. The molecule has 1 aromatic heterocycles. The molecule has 6 heteroatoms. The Kier molecular flexibility index (Phi) is 6.07. The smallest absolute Gasteiger partial charge is 0.191 e. The number of thioether (sulfide) groups is 1. The summed E-state index contributed by atoms with van der Waals surface area (Å²) in [5.41, 5.74) is 2.40. The topological polar surface area (TPSA) is 39.9 Å². The molecule has 0 radical (unpaired) electrons. The molecule has 0 aliphatic rings. The fourth-order valence-corrected chi connectivity index (χ4v) is 4.47. The Morgan fingerprint density at radius 1 is 1.03 bits per heavy atom. The van der Waals surface area contributed by atoms with Gasteiger partial charge in [0.05, 0.1) is 5.02 Å². The first-order chi connectivity index (χ1) is 14.2. The molecule has 0 N–H and O–H groups in total. The molecule has 0 saturated heterocycles. The molecular weight excluding hydrogens is 402 g/mol. The summed E-state index contributed by atoms with van der Waals surface area (Å²) >= 11 is 7.93. The quantitative estimate of drug-likeness (QED) is 0.328. The third-order valence-corrected chi connectivity index (χ3v) is 6.12. The Morgan fingerprint density at radius 2 is 1.86 bits per heavy atom. The van der Waals surface area contributed by atoms with Crippen LogP contribution in [0.4, 0.5) is 0 Å². The number of aryl methyl sites for hydroxylation is 1. The number of rotatable bonds is 7. The largest absolute Gasteiger partial charge is 0.484 e. The van der Waals surface area contributed by atoms with Gasteiger partial charge in [0.2, 0.25) is 0 Å².